The van der Waals surface area contributed by atoms with E-state index < -0.39 is 23.5 Å². The summed E-state index contributed by atoms with van der Waals surface area (Å²) in [6, 6.07) is -0.605. The molecule has 1 aliphatic rings. The number of hydrogen-bond acceptors (Lipinski definition) is 6. The van der Waals surface area contributed by atoms with Gasteiger partial charge in [0.1, 0.15) is 17.6 Å². The van der Waals surface area contributed by atoms with Crippen molar-refractivity contribution in [2.75, 3.05) is 12.4 Å². The number of esters is 1. The summed E-state index contributed by atoms with van der Waals surface area (Å²) >= 11 is 6.34. The predicted molar refractivity (Wildman–Crippen MR) is 121 cm³/mol. The Morgan fingerprint density at radius 2 is 2.00 bits per heavy atom. The lowest BCUT2D eigenvalue weighted by atomic mass is 9.58. The van der Waals surface area contributed by atoms with Gasteiger partial charge in [0.05, 0.1) is 19.0 Å². The minimum atomic E-state index is -0.773. The quantitative estimate of drug-likeness (QED) is 0.614. The van der Waals surface area contributed by atoms with Crippen molar-refractivity contribution in [3.63, 3.8) is 0 Å². The molecule has 0 saturated heterocycles. The monoisotopic (exact) mass is 454 g/mol. The number of carbonyl (C=O) groups is 2. The molecule has 0 bridgehead atoms. The highest BCUT2D eigenvalue weighted by molar-refractivity contribution is 6.32. The van der Waals surface area contributed by atoms with Crippen LogP contribution >= 0.6 is 11.6 Å². The minimum absolute atomic E-state index is 0.000138. The summed E-state index contributed by atoms with van der Waals surface area (Å²) in [4.78, 5) is 36.6. The van der Waals surface area contributed by atoms with Crippen LogP contribution in [-0.2, 0) is 20.9 Å². The lowest BCUT2D eigenvalue weighted by Crippen LogP contribution is -2.48. The first-order valence-electron chi connectivity index (χ1n) is 10.8. The Labute approximate surface area is 189 Å². The van der Waals surface area contributed by atoms with Crippen molar-refractivity contribution in [1.29, 1.82) is 0 Å². The van der Waals surface area contributed by atoms with Gasteiger partial charge in [0.15, 0.2) is 0 Å². The first kappa shape index (κ1) is 25.2. The van der Waals surface area contributed by atoms with Gasteiger partial charge >= 0.3 is 5.97 Å². The van der Waals surface area contributed by atoms with Crippen LogP contribution in [0.3, 0.4) is 0 Å². The number of methoxy groups -OCH3 is 1. The molecule has 1 unspecified atom stereocenters. The van der Waals surface area contributed by atoms with Crippen molar-refractivity contribution in [3.8, 4) is 0 Å². The first-order chi connectivity index (χ1) is 14.4. The molecular formula is C22H35ClN4O4. The maximum atomic E-state index is 12.7. The third kappa shape index (κ3) is 5.40. The molecule has 8 nitrogen and oxygen atoms in total. The van der Waals surface area contributed by atoms with Crippen molar-refractivity contribution in [1.82, 2.24) is 15.1 Å². The van der Waals surface area contributed by atoms with E-state index in [9.17, 15) is 14.4 Å². The van der Waals surface area contributed by atoms with Crippen LogP contribution in [0.4, 0.5) is 5.69 Å². The van der Waals surface area contributed by atoms with E-state index in [4.69, 9.17) is 11.6 Å². The third-order valence-corrected chi connectivity index (χ3v) is 7.69. The molecule has 0 aliphatic heterocycles. The second-order valence-corrected chi connectivity index (χ2v) is 9.62. The Kier molecular flexibility index (Phi) is 8.14. The first-order valence-corrected chi connectivity index (χ1v) is 11.2. The van der Waals surface area contributed by atoms with Crippen LogP contribution in [0.15, 0.2) is 11.0 Å². The summed E-state index contributed by atoms with van der Waals surface area (Å²) in [5.74, 6) is 0.329. The third-order valence-electron chi connectivity index (χ3n) is 7.32. The molecule has 0 radical (unpaired) electrons. The zero-order valence-corrected chi connectivity index (χ0v) is 20.2. The van der Waals surface area contributed by atoms with Gasteiger partial charge in [-0.15, -0.1) is 0 Å². The molecule has 1 aliphatic carbocycles. The summed E-state index contributed by atoms with van der Waals surface area (Å²) < 4.78 is 5.65. The largest absolute Gasteiger partial charge is 0.467 e. The normalized spacial score (nSPS) is 26.1. The van der Waals surface area contributed by atoms with Crippen LogP contribution in [-0.4, -0.2) is 40.9 Å². The average Bonchev–Trinajstić information content (AvgIpc) is 2.73. The second kappa shape index (κ2) is 10.0. The van der Waals surface area contributed by atoms with E-state index in [1.165, 1.54) is 13.3 Å². The number of carbonyl (C=O) groups excluding carboxylic acids is 2. The van der Waals surface area contributed by atoms with E-state index >= 15 is 0 Å². The van der Waals surface area contributed by atoms with Gasteiger partial charge in [0.25, 0.3) is 5.56 Å². The molecule has 0 spiro atoms. The summed E-state index contributed by atoms with van der Waals surface area (Å²) in [5, 5.41) is 10.1. The van der Waals surface area contributed by atoms with Crippen LogP contribution < -0.4 is 16.2 Å². The number of amides is 1. The van der Waals surface area contributed by atoms with E-state index in [0.717, 1.165) is 11.1 Å². The Morgan fingerprint density at radius 1 is 1.35 bits per heavy atom. The summed E-state index contributed by atoms with van der Waals surface area (Å²) in [7, 11) is 1.25. The number of aromatic nitrogens is 2. The number of ether oxygens (including phenoxy) is 1. The highest BCUT2D eigenvalue weighted by atomic mass is 35.5. The van der Waals surface area contributed by atoms with Gasteiger partial charge in [-0.2, -0.15) is 5.10 Å². The van der Waals surface area contributed by atoms with E-state index in [0.29, 0.717) is 29.9 Å². The lowest BCUT2D eigenvalue weighted by Gasteiger charge is -2.50. The zero-order valence-electron chi connectivity index (χ0n) is 19.5. The number of halogens is 1. The Morgan fingerprint density at radius 3 is 2.58 bits per heavy atom. The van der Waals surface area contributed by atoms with E-state index in [2.05, 4.69) is 55.1 Å². The molecule has 1 fully saturated rings. The maximum absolute atomic E-state index is 12.7. The molecule has 9 heteroatoms. The number of nitrogens with zero attached hydrogens (tertiary/aromatic N) is 2. The van der Waals surface area contributed by atoms with E-state index in [-0.39, 0.29) is 23.0 Å². The number of anilines is 1. The van der Waals surface area contributed by atoms with Crippen molar-refractivity contribution in [3.05, 3.63) is 21.6 Å². The number of nitrogens with one attached hydrogen (secondary N) is 2. The lowest BCUT2D eigenvalue weighted by molar-refractivity contribution is -0.145. The minimum Gasteiger partial charge on any atom is -0.467 e. The van der Waals surface area contributed by atoms with Crippen molar-refractivity contribution in [2.24, 2.45) is 23.2 Å². The van der Waals surface area contributed by atoms with Gasteiger partial charge in [-0.25, -0.2) is 9.48 Å². The van der Waals surface area contributed by atoms with E-state index in [1.807, 2.05) is 0 Å². The van der Waals surface area contributed by atoms with Crippen LogP contribution in [0.25, 0.3) is 0 Å². The number of hydrogen-bond donors (Lipinski definition) is 2. The fraction of sp³-hybridized carbons (Fsp3) is 0.727. The van der Waals surface area contributed by atoms with Crippen LogP contribution in [0.1, 0.15) is 54.4 Å². The van der Waals surface area contributed by atoms with Crippen LogP contribution in [0.5, 0.6) is 0 Å². The summed E-state index contributed by atoms with van der Waals surface area (Å²) in [5.41, 5.74) is 0.148. The standard InChI is InChI=1S/C22H35ClN4O4/c1-8-15(21(30)31-7)26-18(28)11-27-20(29)19(23)17(10-24-27)25-16-9-12(2)22(5,6)14(4)13(16)3/h10,12-16,25H,8-9,11H2,1-7H3,(H,26,28)/t12-,13+,14+,15?,16+/m0/s1. The number of rotatable bonds is 7. The van der Waals surface area contributed by atoms with Crippen LogP contribution in [0, 0.1) is 23.2 Å². The van der Waals surface area contributed by atoms with Gasteiger partial charge in [-0.1, -0.05) is 53.1 Å². The molecule has 1 aromatic heterocycles. The van der Waals surface area contributed by atoms with Crippen molar-refractivity contribution in [2.45, 2.75) is 73.0 Å². The summed E-state index contributed by atoms with van der Waals surface area (Å²) in [6.07, 6.45) is 2.82. The SMILES string of the molecule is CCC(NC(=O)Cn1ncc(N[C@@H]2C[C@H](C)C(C)(C)[C@H](C)[C@H]2C)c(Cl)c1=O)C(=O)OC. The maximum Gasteiger partial charge on any atom is 0.328 e. The molecule has 2 rings (SSSR count). The van der Waals surface area contributed by atoms with Gasteiger partial charge in [-0.05, 0) is 36.0 Å². The van der Waals surface area contributed by atoms with Gasteiger partial charge in [0.2, 0.25) is 5.91 Å². The Balaban J connectivity index is 2.13. The van der Waals surface area contributed by atoms with Crippen molar-refractivity contribution >= 4 is 29.2 Å². The highest BCUT2D eigenvalue weighted by Crippen LogP contribution is 2.48. The predicted octanol–water partition coefficient (Wildman–Crippen LogP) is 3.08. The van der Waals surface area contributed by atoms with Crippen molar-refractivity contribution < 1.29 is 14.3 Å². The van der Waals surface area contributed by atoms with Gasteiger partial charge in [-0.3, -0.25) is 9.59 Å². The highest BCUT2D eigenvalue weighted by Gasteiger charge is 2.43. The molecule has 1 amide bonds. The van der Waals surface area contributed by atoms with Crippen LogP contribution in [0.2, 0.25) is 5.02 Å². The zero-order chi connectivity index (χ0) is 23.5. The molecule has 31 heavy (non-hydrogen) atoms. The molecule has 0 aromatic carbocycles. The van der Waals surface area contributed by atoms with Gasteiger partial charge < -0.3 is 15.4 Å². The molecule has 2 N–H and O–H groups in total. The summed E-state index contributed by atoms with van der Waals surface area (Å²) in [6.45, 7) is 12.8. The smallest absolute Gasteiger partial charge is 0.328 e. The second-order valence-electron chi connectivity index (χ2n) is 9.24. The molecule has 5 atom stereocenters. The topological polar surface area (TPSA) is 102 Å². The fourth-order valence-corrected chi connectivity index (χ4v) is 4.49. The Bertz CT molecular complexity index is 870. The molecule has 1 heterocycles. The average molecular weight is 455 g/mol. The van der Waals surface area contributed by atoms with Gasteiger partial charge in [0, 0.05) is 6.04 Å². The van der Waals surface area contributed by atoms with E-state index in [1.54, 1.807) is 6.92 Å². The molecule has 174 valence electrons. The molecule has 1 saturated carbocycles. The molecule has 1 aromatic rings. The molecular weight excluding hydrogens is 420 g/mol. The Hall–Kier alpha value is -2.09. The fourth-order valence-electron chi connectivity index (χ4n) is 4.29.